The summed E-state index contributed by atoms with van der Waals surface area (Å²) >= 11 is 0. The first-order chi connectivity index (χ1) is 9.31. The summed E-state index contributed by atoms with van der Waals surface area (Å²) in [4.78, 5) is 8.55. The molecule has 0 fully saturated rings. The van der Waals surface area contributed by atoms with Crippen LogP contribution in [0.15, 0.2) is 55.0 Å². The first-order valence-electron chi connectivity index (χ1n) is 5.96. The van der Waals surface area contributed by atoms with Gasteiger partial charge in [-0.1, -0.05) is 18.2 Å². The molecule has 1 aromatic carbocycles. The molecule has 0 aliphatic carbocycles. The van der Waals surface area contributed by atoms with Gasteiger partial charge in [0.1, 0.15) is 6.33 Å². The van der Waals surface area contributed by atoms with Crippen molar-refractivity contribution >= 4 is 5.69 Å². The summed E-state index contributed by atoms with van der Waals surface area (Å²) in [6, 6.07) is 13.3. The van der Waals surface area contributed by atoms with E-state index in [0.717, 1.165) is 11.3 Å². The van der Waals surface area contributed by atoms with Crippen molar-refractivity contribution in [2.75, 3.05) is 5.73 Å². The highest BCUT2D eigenvalue weighted by Crippen LogP contribution is 2.17. The standard InChI is InChI=1S/C14H13N5/c15-12-5-3-4-11(8-12)14-17-10-19(18-14)9-13-6-1-2-7-16-13/h1-8,10H,9,15H2. The van der Waals surface area contributed by atoms with Crippen LogP contribution in [-0.4, -0.2) is 19.7 Å². The Kier molecular flexibility index (Phi) is 2.94. The minimum Gasteiger partial charge on any atom is -0.399 e. The molecule has 5 heteroatoms. The maximum absolute atomic E-state index is 5.75. The maximum atomic E-state index is 5.75. The molecule has 5 nitrogen and oxygen atoms in total. The lowest BCUT2D eigenvalue weighted by Gasteiger charge is -1.99. The summed E-state index contributed by atoms with van der Waals surface area (Å²) in [6.45, 7) is 0.607. The quantitative estimate of drug-likeness (QED) is 0.722. The molecule has 0 unspecified atom stereocenters. The van der Waals surface area contributed by atoms with E-state index in [1.165, 1.54) is 0 Å². The first-order valence-corrected chi connectivity index (χ1v) is 5.96. The number of hydrogen-bond donors (Lipinski definition) is 1. The third kappa shape index (κ3) is 2.60. The van der Waals surface area contributed by atoms with Crippen molar-refractivity contribution in [3.63, 3.8) is 0 Å². The van der Waals surface area contributed by atoms with E-state index in [4.69, 9.17) is 5.73 Å². The third-order valence-electron chi connectivity index (χ3n) is 2.73. The largest absolute Gasteiger partial charge is 0.399 e. The molecular weight excluding hydrogens is 238 g/mol. The predicted octanol–water partition coefficient (Wildman–Crippen LogP) is 1.97. The highest BCUT2D eigenvalue weighted by Gasteiger charge is 2.05. The monoisotopic (exact) mass is 251 g/mol. The SMILES string of the molecule is Nc1cccc(-c2ncn(Cc3ccccn3)n2)c1. The number of nitrogen functional groups attached to an aromatic ring is 1. The second-order valence-corrected chi connectivity index (χ2v) is 4.21. The molecule has 3 aromatic rings. The van der Waals surface area contributed by atoms with Crippen LogP contribution >= 0.6 is 0 Å². The van der Waals surface area contributed by atoms with E-state index in [-0.39, 0.29) is 0 Å². The van der Waals surface area contributed by atoms with Crippen molar-refractivity contribution in [1.82, 2.24) is 19.7 Å². The minimum absolute atomic E-state index is 0.607. The second kappa shape index (κ2) is 4.89. The van der Waals surface area contributed by atoms with E-state index in [0.29, 0.717) is 18.1 Å². The maximum Gasteiger partial charge on any atom is 0.181 e. The first kappa shape index (κ1) is 11.4. The van der Waals surface area contributed by atoms with E-state index in [1.807, 2.05) is 42.5 Å². The summed E-state index contributed by atoms with van der Waals surface area (Å²) in [7, 11) is 0. The van der Waals surface area contributed by atoms with E-state index in [1.54, 1.807) is 17.2 Å². The van der Waals surface area contributed by atoms with Crippen LogP contribution in [0.2, 0.25) is 0 Å². The lowest BCUT2D eigenvalue weighted by atomic mass is 10.2. The number of aromatic nitrogens is 4. The van der Waals surface area contributed by atoms with Crippen LogP contribution in [0, 0.1) is 0 Å². The lowest BCUT2D eigenvalue weighted by molar-refractivity contribution is 0.672. The fraction of sp³-hybridized carbons (Fsp3) is 0.0714. The van der Waals surface area contributed by atoms with E-state index in [2.05, 4.69) is 15.1 Å². The molecule has 94 valence electrons. The van der Waals surface area contributed by atoms with Crippen LogP contribution in [0.4, 0.5) is 5.69 Å². The Morgan fingerprint density at radius 3 is 2.79 bits per heavy atom. The molecule has 2 N–H and O–H groups in total. The summed E-state index contributed by atoms with van der Waals surface area (Å²) < 4.78 is 1.76. The Bertz CT molecular complexity index is 675. The molecule has 2 aromatic heterocycles. The Morgan fingerprint density at radius 2 is 2.00 bits per heavy atom. The fourth-order valence-corrected chi connectivity index (χ4v) is 1.84. The zero-order chi connectivity index (χ0) is 13.1. The van der Waals surface area contributed by atoms with E-state index < -0.39 is 0 Å². The number of nitrogens with two attached hydrogens (primary N) is 1. The van der Waals surface area contributed by atoms with Crippen molar-refractivity contribution < 1.29 is 0 Å². The Hall–Kier alpha value is -2.69. The Morgan fingerprint density at radius 1 is 1.05 bits per heavy atom. The third-order valence-corrected chi connectivity index (χ3v) is 2.73. The summed E-state index contributed by atoms with van der Waals surface area (Å²) in [6.07, 6.45) is 3.47. The fourth-order valence-electron chi connectivity index (χ4n) is 1.84. The molecule has 0 aliphatic heterocycles. The number of benzene rings is 1. The molecule has 0 amide bonds. The normalized spacial score (nSPS) is 10.5. The number of anilines is 1. The van der Waals surface area contributed by atoms with Crippen LogP contribution in [0.25, 0.3) is 11.4 Å². The van der Waals surface area contributed by atoms with Crippen LogP contribution < -0.4 is 5.73 Å². The highest BCUT2D eigenvalue weighted by atomic mass is 15.3. The highest BCUT2D eigenvalue weighted by molar-refractivity contribution is 5.60. The molecule has 19 heavy (non-hydrogen) atoms. The van der Waals surface area contributed by atoms with Gasteiger partial charge in [-0.2, -0.15) is 5.10 Å². The average Bonchev–Trinajstić information content (AvgIpc) is 2.88. The zero-order valence-corrected chi connectivity index (χ0v) is 10.3. The van der Waals surface area contributed by atoms with Crippen LogP contribution in [0.5, 0.6) is 0 Å². The minimum atomic E-state index is 0.607. The number of hydrogen-bond acceptors (Lipinski definition) is 4. The molecule has 0 bridgehead atoms. The van der Waals surface area contributed by atoms with E-state index >= 15 is 0 Å². The van der Waals surface area contributed by atoms with Gasteiger partial charge in [0, 0.05) is 17.4 Å². The molecule has 0 aliphatic rings. The average molecular weight is 251 g/mol. The van der Waals surface area contributed by atoms with Gasteiger partial charge in [-0.15, -0.1) is 0 Å². The summed E-state index contributed by atoms with van der Waals surface area (Å²) in [5.74, 6) is 0.670. The summed E-state index contributed by atoms with van der Waals surface area (Å²) in [5.41, 5.74) is 8.33. The smallest absolute Gasteiger partial charge is 0.181 e. The Balaban J connectivity index is 1.84. The molecule has 0 spiro atoms. The van der Waals surface area contributed by atoms with Crippen LogP contribution in [0.3, 0.4) is 0 Å². The number of rotatable bonds is 3. The van der Waals surface area contributed by atoms with Crippen molar-refractivity contribution in [3.05, 3.63) is 60.7 Å². The van der Waals surface area contributed by atoms with Crippen LogP contribution in [0.1, 0.15) is 5.69 Å². The van der Waals surface area contributed by atoms with Crippen molar-refractivity contribution in [2.45, 2.75) is 6.54 Å². The number of pyridine rings is 1. The van der Waals surface area contributed by atoms with Gasteiger partial charge < -0.3 is 5.73 Å². The van der Waals surface area contributed by atoms with Crippen LogP contribution in [-0.2, 0) is 6.54 Å². The Labute approximate surface area is 110 Å². The topological polar surface area (TPSA) is 69.6 Å². The van der Waals surface area contributed by atoms with Gasteiger partial charge in [0.05, 0.1) is 12.2 Å². The molecule has 0 saturated carbocycles. The van der Waals surface area contributed by atoms with Gasteiger partial charge in [-0.3, -0.25) is 4.98 Å². The van der Waals surface area contributed by atoms with E-state index in [9.17, 15) is 0 Å². The lowest BCUT2D eigenvalue weighted by Crippen LogP contribution is -2.02. The molecule has 3 rings (SSSR count). The van der Waals surface area contributed by atoms with Gasteiger partial charge in [-0.05, 0) is 24.3 Å². The van der Waals surface area contributed by atoms with Gasteiger partial charge in [0.25, 0.3) is 0 Å². The molecule has 0 radical (unpaired) electrons. The van der Waals surface area contributed by atoms with Gasteiger partial charge in [-0.25, -0.2) is 9.67 Å². The molecule has 0 saturated heterocycles. The molecule has 0 atom stereocenters. The van der Waals surface area contributed by atoms with Gasteiger partial charge >= 0.3 is 0 Å². The van der Waals surface area contributed by atoms with Gasteiger partial charge in [0.2, 0.25) is 0 Å². The van der Waals surface area contributed by atoms with Crippen molar-refractivity contribution in [1.29, 1.82) is 0 Å². The number of nitrogens with zero attached hydrogens (tertiary/aromatic N) is 4. The zero-order valence-electron chi connectivity index (χ0n) is 10.3. The molecule has 2 heterocycles. The van der Waals surface area contributed by atoms with Crippen molar-refractivity contribution in [3.8, 4) is 11.4 Å². The van der Waals surface area contributed by atoms with Crippen molar-refractivity contribution in [2.24, 2.45) is 0 Å². The predicted molar refractivity (Wildman–Crippen MR) is 73.2 cm³/mol. The summed E-state index contributed by atoms with van der Waals surface area (Å²) in [5, 5.41) is 4.43. The second-order valence-electron chi connectivity index (χ2n) is 4.21. The molecular formula is C14H13N5. The van der Waals surface area contributed by atoms with Gasteiger partial charge in [0.15, 0.2) is 5.82 Å².